The summed E-state index contributed by atoms with van der Waals surface area (Å²) in [5.41, 5.74) is -0.727. The molecule has 1 unspecified atom stereocenters. The lowest BCUT2D eigenvalue weighted by molar-refractivity contribution is -0.00803. The van der Waals surface area contributed by atoms with Gasteiger partial charge in [-0.15, -0.1) is 0 Å². The van der Waals surface area contributed by atoms with E-state index >= 15 is 0 Å². The van der Waals surface area contributed by atoms with Crippen LogP contribution in [0.25, 0.3) is 0 Å². The van der Waals surface area contributed by atoms with Crippen LogP contribution in [-0.4, -0.2) is 11.5 Å². The third kappa shape index (κ3) is 1.98. The molecule has 1 rings (SSSR count). The Morgan fingerprint density at radius 3 is 2.31 bits per heavy atom. The van der Waals surface area contributed by atoms with Crippen molar-refractivity contribution in [1.82, 2.24) is 0 Å². The highest BCUT2D eigenvalue weighted by molar-refractivity contribution is 5.21. The van der Waals surface area contributed by atoms with Crippen molar-refractivity contribution in [3.8, 4) is 0 Å². The fraction of sp³-hybridized carbons (Fsp3) is 0.250. The van der Waals surface area contributed by atoms with Crippen molar-refractivity contribution in [3.63, 3.8) is 0 Å². The first-order valence-corrected chi connectivity index (χ1v) is 3.44. The number of halogens is 4. The lowest BCUT2D eigenvalue weighted by atomic mass is 10.1. The zero-order valence-corrected chi connectivity index (χ0v) is 6.35. The van der Waals surface area contributed by atoms with Gasteiger partial charge in [-0.2, -0.15) is 0 Å². The quantitative estimate of drug-likeness (QED) is 0.716. The Kier molecular flexibility index (Phi) is 2.87. The fourth-order valence-electron chi connectivity index (χ4n) is 0.885. The Labute approximate surface area is 71.6 Å². The lowest BCUT2D eigenvalue weighted by Gasteiger charge is -2.10. The summed E-state index contributed by atoms with van der Waals surface area (Å²) in [6.07, 6.45) is -5.41. The summed E-state index contributed by atoms with van der Waals surface area (Å²) in [4.78, 5) is 0. The summed E-state index contributed by atoms with van der Waals surface area (Å²) in [6.45, 7) is 0. The number of benzene rings is 1. The van der Waals surface area contributed by atoms with Crippen LogP contribution in [0.15, 0.2) is 18.2 Å². The topological polar surface area (TPSA) is 20.2 Å². The predicted molar refractivity (Wildman–Crippen MR) is 37.3 cm³/mol. The van der Waals surface area contributed by atoms with E-state index in [-0.39, 0.29) is 0 Å². The second kappa shape index (κ2) is 3.74. The highest BCUT2D eigenvalue weighted by Crippen LogP contribution is 2.23. The Morgan fingerprint density at radius 1 is 1.15 bits per heavy atom. The van der Waals surface area contributed by atoms with Crippen LogP contribution in [0.1, 0.15) is 11.7 Å². The summed E-state index contributed by atoms with van der Waals surface area (Å²) in [6, 6.07) is 2.76. The van der Waals surface area contributed by atoms with E-state index in [1.807, 2.05) is 0 Å². The maximum absolute atomic E-state index is 12.7. The molecule has 0 amide bonds. The Morgan fingerprint density at radius 2 is 1.77 bits per heavy atom. The van der Waals surface area contributed by atoms with E-state index in [1.54, 1.807) is 0 Å². The highest BCUT2D eigenvalue weighted by atomic mass is 19.3. The van der Waals surface area contributed by atoms with Gasteiger partial charge in [0.25, 0.3) is 6.43 Å². The van der Waals surface area contributed by atoms with Gasteiger partial charge in [-0.25, -0.2) is 17.6 Å². The molecule has 0 heterocycles. The Bertz CT molecular complexity index is 300. The predicted octanol–water partition coefficient (Wildman–Crippen LogP) is 2.26. The second-order valence-electron chi connectivity index (χ2n) is 2.42. The molecule has 0 saturated carbocycles. The summed E-state index contributed by atoms with van der Waals surface area (Å²) in [7, 11) is 0. The minimum absolute atomic E-state index is 0.727. The molecule has 0 aliphatic carbocycles. The molecule has 1 aromatic carbocycles. The van der Waals surface area contributed by atoms with Crippen LogP contribution in [-0.2, 0) is 0 Å². The van der Waals surface area contributed by atoms with Crippen molar-refractivity contribution < 1.29 is 22.7 Å². The van der Waals surface area contributed by atoms with Gasteiger partial charge in [0, 0.05) is 5.56 Å². The van der Waals surface area contributed by atoms with Crippen molar-refractivity contribution in [3.05, 3.63) is 35.4 Å². The van der Waals surface area contributed by atoms with E-state index in [9.17, 15) is 17.6 Å². The molecule has 1 atom stereocenters. The van der Waals surface area contributed by atoms with Gasteiger partial charge in [-0.3, -0.25) is 0 Å². The maximum atomic E-state index is 12.7. The van der Waals surface area contributed by atoms with E-state index < -0.39 is 29.7 Å². The van der Waals surface area contributed by atoms with Crippen LogP contribution >= 0.6 is 0 Å². The first kappa shape index (κ1) is 9.98. The highest BCUT2D eigenvalue weighted by Gasteiger charge is 2.23. The molecular weight excluding hydrogens is 188 g/mol. The molecule has 5 heteroatoms. The summed E-state index contributed by atoms with van der Waals surface area (Å²) < 4.78 is 49.0. The maximum Gasteiger partial charge on any atom is 0.268 e. The van der Waals surface area contributed by atoms with Crippen LogP contribution < -0.4 is 0 Å². The third-order valence-electron chi connectivity index (χ3n) is 1.54. The Hall–Kier alpha value is -1.10. The largest absolute Gasteiger partial charge is 0.382 e. The SMILES string of the molecule is OC(c1cccc(F)c1F)C(F)F. The molecular formula is C8H6F4O. The minimum Gasteiger partial charge on any atom is -0.382 e. The van der Waals surface area contributed by atoms with Crippen molar-refractivity contribution >= 4 is 0 Å². The van der Waals surface area contributed by atoms with Crippen LogP contribution in [0.4, 0.5) is 17.6 Å². The molecule has 0 saturated heterocycles. The van der Waals surface area contributed by atoms with Gasteiger partial charge >= 0.3 is 0 Å². The van der Waals surface area contributed by atoms with E-state index in [0.29, 0.717) is 0 Å². The Balaban J connectivity index is 3.07. The normalized spacial score (nSPS) is 13.4. The van der Waals surface area contributed by atoms with E-state index in [4.69, 9.17) is 5.11 Å². The molecule has 0 bridgehead atoms. The molecule has 1 N–H and O–H groups in total. The third-order valence-corrected chi connectivity index (χ3v) is 1.54. The van der Waals surface area contributed by atoms with Gasteiger partial charge in [0.15, 0.2) is 11.6 Å². The molecule has 0 fully saturated rings. The number of hydrogen-bond acceptors (Lipinski definition) is 1. The molecule has 0 aliphatic heterocycles. The smallest absolute Gasteiger partial charge is 0.268 e. The van der Waals surface area contributed by atoms with Crippen molar-refractivity contribution in [2.45, 2.75) is 12.5 Å². The molecule has 0 aromatic heterocycles. The number of alkyl halides is 2. The van der Waals surface area contributed by atoms with Gasteiger partial charge in [-0.05, 0) is 6.07 Å². The second-order valence-corrected chi connectivity index (χ2v) is 2.42. The minimum atomic E-state index is -3.13. The monoisotopic (exact) mass is 194 g/mol. The van der Waals surface area contributed by atoms with Gasteiger partial charge in [0.05, 0.1) is 0 Å². The molecule has 0 radical (unpaired) electrons. The van der Waals surface area contributed by atoms with Crippen molar-refractivity contribution in [2.75, 3.05) is 0 Å². The van der Waals surface area contributed by atoms with Crippen LogP contribution in [0, 0.1) is 11.6 Å². The molecule has 0 aliphatic rings. The van der Waals surface area contributed by atoms with Gasteiger partial charge in [0.2, 0.25) is 0 Å². The van der Waals surface area contributed by atoms with Crippen molar-refractivity contribution in [1.29, 1.82) is 0 Å². The standard InChI is InChI=1S/C8H6F4O/c9-5-3-1-2-4(6(5)10)7(13)8(11)12/h1-3,7-8,13H. The van der Waals surface area contributed by atoms with Crippen molar-refractivity contribution in [2.24, 2.45) is 0 Å². The van der Waals surface area contributed by atoms with Gasteiger partial charge in [0.1, 0.15) is 6.10 Å². The van der Waals surface area contributed by atoms with Gasteiger partial charge in [-0.1, -0.05) is 12.1 Å². The van der Waals surface area contributed by atoms with E-state index in [0.717, 1.165) is 18.2 Å². The van der Waals surface area contributed by atoms with E-state index in [2.05, 4.69) is 0 Å². The summed E-state index contributed by atoms with van der Waals surface area (Å²) in [5, 5.41) is 8.75. The average Bonchev–Trinajstić information content (AvgIpc) is 2.08. The zero-order valence-electron chi connectivity index (χ0n) is 6.35. The first-order valence-electron chi connectivity index (χ1n) is 3.44. The van der Waals surface area contributed by atoms with Gasteiger partial charge < -0.3 is 5.11 Å². The first-order chi connectivity index (χ1) is 6.04. The molecule has 1 aromatic rings. The van der Waals surface area contributed by atoms with Crippen LogP contribution in [0.2, 0.25) is 0 Å². The molecule has 13 heavy (non-hydrogen) atoms. The summed E-state index contributed by atoms with van der Waals surface area (Å²) in [5.74, 6) is -2.69. The molecule has 1 nitrogen and oxygen atoms in total. The van der Waals surface area contributed by atoms with E-state index in [1.165, 1.54) is 0 Å². The lowest BCUT2D eigenvalue weighted by Crippen LogP contribution is -2.10. The number of aliphatic hydroxyl groups is 1. The molecule has 72 valence electrons. The number of hydrogen-bond donors (Lipinski definition) is 1. The van der Waals surface area contributed by atoms with Crippen LogP contribution in [0.5, 0.6) is 0 Å². The zero-order chi connectivity index (χ0) is 10.0. The fourth-order valence-corrected chi connectivity index (χ4v) is 0.885. The summed E-state index contributed by atoms with van der Waals surface area (Å²) >= 11 is 0. The number of rotatable bonds is 2. The number of aliphatic hydroxyl groups excluding tert-OH is 1. The average molecular weight is 194 g/mol. The van der Waals surface area contributed by atoms with Crippen LogP contribution in [0.3, 0.4) is 0 Å². The molecule has 0 spiro atoms.